The number of fused-ring (bicyclic) bond motifs is 1. The van der Waals surface area contributed by atoms with E-state index in [1.54, 1.807) is 0 Å². The van der Waals surface area contributed by atoms with Crippen molar-refractivity contribution in [2.45, 2.75) is 21.5 Å². The van der Waals surface area contributed by atoms with Gasteiger partial charge in [0.15, 0.2) is 0 Å². The van der Waals surface area contributed by atoms with Gasteiger partial charge in [0.25, 0.3) is 0 Å². The maximum absolute atomic E-state index is 5.69. The summed E-state index contributed by atoms with van der Waals surface area (Å²) in [6.45, 7) is 0. The molecule has 3 rings (SSSR count). The van der Waals surface area contributed by atoms with Gasteiger partial charge < -0.3 is 5.73 Å². The summed E-state index contributed by atoms with van der Waals surface area (Å²) in [5, 5.41) is 0.699. The highest BCUT2D eigenvalue weighted by Crippen LogP contribution is 2.39. The molecule has 0 aromatic heterocycles. The second kappa shape index (κ2) is 5.29. The molecule has 18 heavy (non-hydrogen) atoms. The fourth-order valence-corrected chi connectivity index (χ4v) is 4.48. The second-order valence-electron chi connectivity index (χ2n) is 4.43. The Kier molecular flexibility index (Phi) is 3.52. The average Bonchev–Trinajstić information content (AvgIpc) is 2.81. The SMILES string of the molecule is Nc1ccc(SCC2Cc3ccccc3S2)cc1. The Labute approximate surface area is 116 Å². The van der Waals surface area contributed by atoms with E-state index < -0.39 is 0 Å². The van der Waals surface area contributed by atoms with E-state index >= 15 is 0 Å². The Hall–Kier alpha value is -1.06. The highest BCUT2D eigenvalue weighted by atomic mass is 32.2. The van der Waals surface area contributed by atoms with Crippen molar-refractivity contribution >= 4 is 29.2 Å². The summed E-state index contributed by atoms with van der Waals surface area (Å²) in [5.41, 5.74) is 8.03. The summed E-state index contributed by atoms with van der Waals surface area (Å²) < 4.78 is 0. The number of benzene rings is 2. The molecule has 0 saturated heterocycles. The first-order chi connectivity index (χ1) is 8.81. The van der Waals surface area contributed by atoms with Crippen LogP contribution in [0.1, 0.15) is 5.56 Å². The summed E-state index contributed by atoms with van der Waals surface area (Å²) in [6, 6.07) is 16.9. The lowest BCUT2D eigenvalue weighted by molar-refractivity contribution is 0.970. The smallest absolute Gasteiger partial charge is 0.0314 e. The van der Waals surface area contributed by atoms with E-state index in [0.29, 0.717) is 5.25 Å². The largest absolute Gasteiger partial charge is 0.399 e. The number of anilines is 1. The van der Waals surface area contributed by atoms with Crippen molar-refractivity contribution in [3.05, 3.63) is 54.1 Å². The van der Waals surface area contributed by atoms with Crippen molar-refractivity contribution in [2.24, 2.45) is 0 Å². The van der Waals surface area contributed by atoms with E-state index in [0.717, 1.165) is 11.4 Å². The van der Waals surface area contributed by atoms with E-state index in [-0.39, 0.29) is 0 Å². The van der Waals surface area contributed by atoms with Crippen LogP contribution in [0.5, 0.6) is 0 Å². The van der Waals surface area contributed by atoms with Crippen molar-refractivity contribution in [3.63, 3.8) is 0 Å². The van der Waals surface area contributed by atoms with Crippen molar-refractivity contribution in [1.82, 2.24) is 0 Å². The molecule has 0 amide bonds. The number of hydrogen-bond donors (Lipinski definition) is 1. The van der Waals surface area contributed by atoms with Gasteiger partial charge in [-0.05, 0) is 42.3 Å². The molecule has 0 aliphatic carbocycles. The maximum Gasteiger partial charge on any atom is 0.0314 e. The first kappa shape index (κ1) is 12.0. The van der Waals surface area contributed by atoms with E-state index in [9.17, 15) is 0 Å². The maximum atomic E-state index is 5.69. The van der Waals surface area contributed by atoms with Crippen LogP contribution < -0.4 is 5.73 Å². The van der Waals surface area contributed by atoms with Crippen LogP contribution >= 0.6 is 23.5 Å². The normalized spacial score (nSPS) is 17.7. The fourth-order valence-electron chi connectivity index (χ4n) is 2.10. The zero-order valence-electron chi connectivity index (χ0n) is 10.0. The summed E-state index contributed by atoms with van der Waals surface area (Å²) in [4.78, 5) is 2.76. The summed E-state index contributed by atoms with van der Waals surface area (Å²) >= 11 is 3.93. The first-order valence-electron chi connectivity index (χ1n) is 6.04. The average molecular weight is 273 g/mol. The monoisotopic (exact) mass is 273 g/mol. The van der Waals surface area contributed by atoms with Crippen molar-refractivity contribution in [3.8, 4) is 0 Å². The predicted octanol–water partition coefficient (Wildman–Crippen LogP) is 4.08. The third-order valence-electron chi connectivity index (χ3n) is 3.03. The summed E-state index contributed by atoms with van der Waals surface area (Å²) in [6.07, 6.45) is 1.20. The van der Waals surface area contributed by atoms with E-state index in [1.165, 1.54) is 21.8 Å². The van der Waals surface area contributed by atoms with Gasteiger partial charge in [0, 0.05) is 26.5 Å². The number of nitrogens with two attached hydrogens (primary N) is 1. The highest BCUT2D eigenvalue weighted by Gasteiger charge is 2.21. The molecule has 1 unspecified atom stereocenters. The zero-order chi connectivity index (χ0) is 12.4. The van der Waals surface area contributed by atoms with Crippen LogP contribution in [-0.4, -0.2) is 11.0 Å². The Morgan fingerprint density at radius 2 is 1.89 bits per heavy atom. The molecule has 0 spiro atoms. The first-order valence-corrected chi connectivity index (χ1v) is 7.91. The van der Waals surface area contributed by atoms with E-state index in [4.69, 9.17) is 5.73 Å². The fraction of sp³-hybridized carbons (Fsp3) is 0.200. The van der Waals surface area contributed by atoms with Crippen molar-refractivity contribution < 1.29 is 0 Å². The second-order valence-corrected chi connectivity index (χ2v) is 6.87. The standard InChI is InChI=1S/C15H15NS2/c16-12-5-7-13(8-6-12)17-10-14-9-11-3-1-2-4-15(11)18-14/h1-8,14H,9-10,16H2. The molecule has 1 aliphatic heterocycles. The van der Waals surface area contributed by atoms with Gasteiger partial charge in [-0.2, -0.15) is 0 Å². The van der Waals surface area contributed by atoms with Crippen molar-refractivity contribution in [2.75, 3.05) is 11.5 Å². The summed E-state index contributed by atoms with van der Waals surface area (Å²) in [5.74, 6) is 1.16. The van der Waals surface area contributed by atoms with Gasteiger partial charge in [-0.3, -0.25) is 0 Å². The number of nitrogen functional groups attached to an aromatic ring is 1. The van der Waals surface area contributed by atoms with Crippen molar-refractivity contribution in [1.29, 1.82) is 0 Å². The Bertz CT molecular complexity index is 511. The van der Waals surface area contributed by atoms with Gasteiger partial charge in [0.1, 0.15) is 0 Å². The molecule has 2 aromatic rings. The molecule has 1 aliphatic rings. The minimum Gasteiger partial charge on any atom is -0.399 e. The number of rotatable bonds is 3. The number of hydrogen-bond acceptors (Lipinski definition) is 3. The molecule has 2 N–H and O–H groups in total. The van der Waals surface area contributed by atoms with E-state index in [2.05, 4.69) is 36.4 Å². The van der Waals surface area contributed by atoms with Gasteiger partial charge >= 0.3 is 0 Å². The third-order valence-corrected chi connectivity index (χ3v) is 5.73. The Morgan fingerprint density at radius 3 is 2.67 bits per heavy atom. The molecule has 3 heteroatoms. The topological polar surface area (TPSA) is 26.0 Å². The van der Waals surface area contributed by atoms with Crippen LogP contribution in [-0.2, 0) is 6.42 Å². The summed E-state index contributed by atoms with van der Waals surface area (Å²) in [7, 11) is 0. The lowest BCUT2D eigenvalue weighted by atomic mass is 10.1. The molecular formula is C15H15NS2. The molecule has 1 atom stereocenters. The molecule has 0 saturated carbocycles. The molecule has 1 heterocycles. The minimum atomic E-state index is 0.699. The molecule has 2 aromatic carbocycles. The van der Waals surface area contributed by atoms with Gasteiger partial charge in [0.2, 0.25) is 0 Å². The lowest BCUT2D eigenvalue weighted by Crippen LogP contribution is -2.03. The molecule has 0 bridgehead atoms. The van der Waals surface area contributed by atoms with E-state index in [1.807, 2.05) is 35.7 Å². The number of thioether (sulfide) groups is 2. The molecule has 92 valence electrons. The molecular weight excluding hydrogens is 258 g/mol. The minimum absolute atomic E-state index is 0.699. The highest BCUT2D eigenvalue weighted by molar-refractivity contribution is 8.03. The zero-order valence-corrected chi connectivity index (χ0v) is 11.6. The quantitative estimate of drug-likeness (QED) is 0.674. The van der Waals surface area contributed by atoms with Gasteiger partial charge in [0.05, 0.1) is 0 Å². The predicted molar refractivity (Wildman–Crippen MR) is 81.4 cm³/mol. The van der Waals surface area contributed by atoms with Gasteiger partial charge in [-0.1, -0.05) is 18.2 Å². The van der Waals surface area contributed by atoms with Crippen LogP contribution in [0.4, 0.5) is 5.69 Å². The molecule has 1 nitrogen and oxygen atoms in total. The third kappa shape index (κ3) is 2.68. The van der Waals surface area contributed by atoms with Crippen LogP contribution in [0.2, 0.25) is 0 Å². The van der Waals surface area contributed by atoms with Gasteiger partial charge in [-0.15, -0.1) is 23.5 Å². The Balaban J connectivity index is 1.58. The van der Waals surface area contributed by atoms with Gasteiger partial charge in [-0.25, -0.2) is 0 Å². The molecule has 0 fully saturated rings. The van der Waals surface area contributed by atoms with Crippen LogP contribution in [0.25, 0.3) is 0 Å². The molecule has 0 radical (unpaired) electrons. The van der Waals surface area contributed by atoms with Crippen LogP contribution in [0.3, 0.4) is 0 Å². The lowest BCUT2D eigenvalue weighted by Gasteiger charge is -2.07. The van der Waals surface area contributed by atoms with Crippen LogP contribution in [0, 0.1) is 0 Å². The van der Waals surface area contributed by atoms with Crippen LogP contribution in [0.15, 0.2) is 58.3 Å². The Morgan fingerprint density at radius 1 is 1.11 bits per heavy atom.